The number of benzene rings is 1. The largest absolute Gasteiger partial charge is 0.444 e. The minimum Gasteiger partial charge on any atom is -0.444 e. The molecule has 1 N–H and O–H groups in total. The molecule has 7 nitrogen and oxygen atoms in total. The molecule has 0 radical (unpaired) electrons. The molecule has 0 bridgehead atoms. The normalized spacial score (nSPS) is 12.5. The highest BCUT2D eigenvalue weighted by Crippen LogP contribution is 2.28. The van der Waals surface area contributed by atoms with Gasteiger partial charge in [-0.05, 0) is 58.7 Å². The van der Waals surface area contributed by atoms with Crippen molar-refractivity contribution in [2.75, 3.05) is 0 Å². The number of nitrogens with one attached hydrogen (secondary N) is 1. The highest BCUT2D eigenvalue weighted by Gasteiger charge is 2.26. The lowest BCUT2D eigenvalue weighted by Crippen LogP contribution is -2.45. The van der Waals surface area contributed by atoms with Crippen LogP contribution in [0.2, 0.25) is 0 Å². The molecule has 1 amide bonds. The van der Waals surface area contributed by atoms with Gasteiger partial charge in [0, 0.05) is 17.0 Å². The van der Waals surface area contributed by atoms with Crippen LogP contribution in [0.3, 0.4) is 0 Å². The fraction of sp³-hybridized carbons (Fsp3) is 0.476. The van der Waals surface area contributed by atoms with Crippen LogP contribution in [0.5, 0.6) is 5.75 Å². The standard InChI is InChI=1S/C21H27NO6/c1-7-8-15(22-20(25)28-21(4,5)6)19(24)26-16-10-9-14-12(2)11-17(23)27-18(14)13(16)3/h9-11,15H,7-8H2,1-6H3,(H,22,25)/t15-/m0/s1. The van der Waals surface area contributed by atoms with Crippen molar-refractivity contribution in [3.05, 3.63) is 39.7 Å². The molecule has 0 aliphatic rings. The van der Waals surface area contributed by atoms with E-state index in [0.29, 0.717) is 24.0 Å². The van der Waals surface area contributed by atoms with Crippen molar-refractivity contribution in [1.29, 1.82) is 0 Å². The van der Waals surface area contributed by atoms with Crippen molar-refractivity contribution >= 4 is 23.0 Å². The predicted octanol–water partition coefficient (Wildman–Crippen LogP) is 4.01. The van der Waals surface area contributed by atoms with Crippen molar-refractivity contribution in [3.8, 4) is 5.75 Å². The first-order valence-electron chi connectivity index (χ1n) is 9.27. The average molecular weight is 389 g/mol. The van der Waals surface area contributed by atoms with Gasteiger partial charge in [0.2, 0.25) is 0 Å². The Morgan fingerprint density at radius 1 is 1.21 bits per heavy atom. The molecular formula is C21H27NO6. The third-order valence-corrected chi connectivity index (χ3v) is 4.08. The summed E-state index contributed by atoms with van der Waals surface area (Å²) in [6.45, 7) is 10.7. The van der Waals surface area contributed by atoms with Crippen LogP contribution >= 0.6 is 0 Å². The summed E-state index contributed by atoms with van der Waals surface area (Å²) < 4.78 is 16.0. The lowest BCUT2D eigenvalue weighted by Gasteiger charge is -2.23. The number of rotatable bonds is 5. The third-order valence-electron chi connectivity index (χ3n) is 4.08. The molecule has 28 heavy (non-hydrogen) atoms. The monoisotopic (exact) mass is 389 g/mol. The first-order valence-corrected chi connectivity index (χ1v) is 9.27. The minimum atomic E-state index is -0.848. The molecular weight excluding hydrogens is 362 g/mol. The van der Waals surface area contributed by atoms with Gasteiger partial charge in [-0.15, -0.1) is 0 Å². The highest BCUT2D eigenvalue weighted by molar-refractivity contribution is 5.87. The summed E-state index contributed by atoms with van der Waals surface area (Å²) in [5.41, 5.74) is 0.561. The van der Waals surface area contributed by atoms with E-state index in [1.807, 2.05) is 13.8 Å². The zero-order valence-electron chi connectivity index (χ0n) is 17.2. The van der Waals surface area contributed by atoms with Crippen LogP contribution in [-0.2, 0) is 9.53 Å². The third kappa shape index (κ3) is 5.34. The van der Waals surface area contributed by atoms with Gasteiger partial charge >= 0.3 is 17.7 Å². The molecule has 152 valence electrons. The van der Waals surface area contributed by atoms with Crippen LogP contribution in [0.1, 0.15) is 51.7 Å². The van der Waals surface area contributed by atoms with Gasteiger partial charge < -0.3 is 19.2 Å². The molecule has 2 rings (SSSR count). The summed E-state index contributed by atoms with van der Waals surface area (Å²) >= 11 is 0. The summed E-state index contributed by atoms with van der Waals surface area (Å²) in [6, 6.07) is 3.95. The molecule has 0 unspecified atom stereocenters. The fourth-order valence-electron chi connectivity index (χ4n) is 2.78. The van der Waals surface area contributed by atoms with E-state index in [-0.39, 0.29) is 5.75 Å². The first-order chi connectivity index (χ1) is 13.0. The van der Waals surface area contributed by atoms with Crippen LogP contribution < -0.4 is 15.7 Å². The maximum atomic E-state index is 12.6. The van der Waals surface area contributed by atoms with E-state index >= 15 is 0 Å². The minimum absolute atomic E-state index is 0.276. The van der Waals surface area contributed by atoms with Crippen molar-refractivity contribution in [1.82, 2.24) is 5.32 Å². The molecule has 1 heterocycles. The Morgan fingerprint density at radius 3 is 2.50 bits per heavy atom. The zero-order chi connectivity index (χ0) is 21.1. The van der Waals surface area contributed by atoms with E-state index in [2.05, 4.69) is 5.32 Å². The Morgan fingerprint density at radius 2 is 1.89 bits per heavy atom. The van der Waals surface area contributed by atoms with Crippen LogP contribution in [0.25, 0.3) is 11.0 Å². The van der Waals surface area contributed by atoms with Crippen LogP contribution in [0, 0.1) is 13.8 Å². The summed E-state index contributed by atoms with van der Waals surface area (Å²) in [6.07, 6.45) is 0.388. The number of hydrogen-bond acceptors (Lipinski definition) is 6. The zero-order valence-corrected chi connectivity index (χ0v) is 17.2. The molecule has 0 aliphatic carbocycles. The van der Waals surface area contributed by atoms with Crippen molar-refractivity contribution in [2.24, 2.45) is 0 Å². The average Bonchev–Trinajstić information content (AvgIpc) is 2.55. The summed E-state index contributed by atoms with van der Waals surface area (Å²) in [4.78, 5) is 36.4. The second kappa shape index (κ2) is 8.46. The summed E-state index contributed by atoms with van der Waals surface area (Å²) in [5, 5.41) is 3.33. The molecule has 1 aromatic carbocycles. The van der Waals surface area contributed by atoms with E-state index in [1.54, 1.807) is 39.8 Å². The Kier molecular flexibility index (Phi) is 6.48. The number of amides is 1. The van der Waals surface area contributed by atoms with Crippen LogP contribution in [-0.4, -0.2) is 23.7 Å². The SMILES string of the molecule is CCC[C@H](NC(=O)OC(C)(C)C)C(=O)Oc1ccc2c(C)cc(=O)oc2c1C. The molecule has 0 fully saturated rings. The van der Waals surface area contributed by atoms with Crippen molar-refractivity contribution in [3.63, 3.8) is 0 Å². The number of ether oxygens (including phenoxy) is 2. The Hall–Kier alpha value is -2.83. The Labute approximate surface area is 164 Å². The van der Waals surface area contributed by atoms with Crippen molar-refractivity contribution < 1.29 is 23.5 Å². The van der Waals surface area contributed by atoms with E-state index in [4.69, 9.17) is 13.9 Å². The fourth-order valence-corrected chi connectivity index (χ4v) is 2.78. The quantitative estimate of drug-likeness (QED) is 0.472. The number of esters is 1. The second-order valence-corrected chi connectivity index (χ2v) is 7.72. The number of carbonyl (C=O) groups excluding carboxylic acids is 2. The molecule has 0 saturated carbocycles. The number of fused-ring (bicyclic) bond motifs is 1. The molecule has 7 heteroatoms. The maximum Gasteiger partial charge on any atom is 0.408 e. The molecule has 0 saturated heterocycles. The van der Waals surface area contributed by atoms with Gasteiger partial charge in [-0.3, -0.25) is 0 Å². The molecule has 0 spiro atoms. The van der Waals surface area contributed by atoms with Gasteiger partial charge in [-0.2, -0.15) is 0 Å². The van der Waals surface area contributed by atoms with Gasteiger partial charge in [0.25, 0.3) is 0 Å². The van der Waals surface area contributed by atoms with Crippen LogP contribution in [0.4, 0.5) is 4.79 Å². The molecule has 0 aliphatic heterocycles. The van der Waals surface area contributed by atoms with Gasteiger partial charge in [-0.1, -0.05) is 13.3 Å². The maximum absolute atomic E-state index is 12.6. The van der Waals surface area contributed by atoms with Crippen molar-refractivity contribution in [2.45, 2.75) is 66.0 Å². The van der Waals surface area contributed by atoms with Gasteiger partial charge in [0.1, 0.15) is 23.0 Å². The molecule has 1 aromatic heterocycles. The lowest BCUT2D eigenvalue weighted by molar-refractivity contribution is -0.137. The number of aryl methyl sites for hydroxylation is 2. The summed E-state index contributed by atoms with van der Waals surface area (Å²) in [5.74, 6) is -0.330. The van der Waals surface area contributed by atoms with Gasteiger partial charge in [0.05, 0.1) is 0 Å². The van der Waals surface area contributed by atoms with Crippen LogP contribution in [0.15, 0.2) is 27.4 Å². The second-order valence-electron chi connectivity index (χ2n) is 7.72. The number of alkyl carbamates (subject to hydrolysis) is 1. The molecule has 2 aromatic rings. The Balaban J connectivity index is 2.24. The lowest BCUT2D eigenvalue weighted by atomic mass is 10.1. The van der Waals surface area contributed by atoms with E-state index < -0.39 is 29.3 Å². The number of hydrogen-bond donors (Lipinski definition) is 1. The number of carbonyl (C=O) groups is 2. The van der Waals surface area contributed by atoms with Gasteiger partial charge in [0.15, 0.2) is 0 Å². The predicted molar refractivity (Wildman–Crippen MR) is 106 cm³/mol. The first kappa shape index (κ1) is 21.5. The Bertz CT molecular complexity index is 938. The molecule has 1 atom stereocenters. The van der Waals surface area contributed by atoms with E-state index in [9.17, 15) is 14.4 Å². The highest BCUT2D eigenvalue weighted by atomic mass is 16.6. The van der Waals surface area contributed by atoms with Gasteiger partial charge in [-0.25, -0.2) is 14.4 Å². The van der Waals surface area contributed by atoms with E-state index in [1.165, 1.54) is 6.07 Å². The summed E-state index contributed by atoms with van der Waals surface area (Å²) in [7, 11) is 0. The topological polar surface area (TPSA) is 94.8 Å². The van der Waals surface area contributed by atoms with E-state index in [0.717, 1.165) is 10.9 Å². The smallest absolute Gasteiger partial charge is 0.408 e.